The van der Waals surface area contributed by atoms with Crippen LogP contribution in [0.25, 0.3) is 0 Å². The molecule has 8 heteroatoms. The summed E-state index contributed by atoms with van der Waals surface area (Å²) in [6.45, 7) is 0. The number of carboxylic acids is 1. The molecule has 6 N–H and O–H groups in total. The van der Waals surface area contributed by atoms with Gasteiger partial charge < -0.3 is 35.4 Å². The molecule has 1 aliphatic rings. The predicted molar refractivity (Wildman–Crippen MR) is 42.5 cm³/mol. The predicted octanol–water partition coefficient (Wildman–Crippen LogP) is -3.77. The molecule has 0 amide bonds. The van der Waals surface area contributed by atoms with Crippen molar-refractivity contribution in [2.75, 3.05) is 0 Å². The van der Waals surface area contributed by atoms with Crippen LogP contribution < -0.4 is 0 Å². The zero-order chi connectivity index (χ0) is 11.7. The topological polar surface area (TPSA) is 148 Å². The average molecular weight is 224 g/mol. The minimum atomic E-state index is -2.10. The fourth-order valence-electron chi connectivity index (χ4n) is 1.29. The van der Waals surface area contributed by atoms with Gasteiger partial charge in [0.25, 0.3) is 0 Å². The summed E-state index contributed by atoms with van der Waals surface area (Å²) in [5.74, 6) is -1.67. The standard InChI is InChI=1S/C7H12O8/c8-1-2(9)5(4(11)6(12)13)15-7(14)3(1)10/h1-5,7-11,14H,(H,12,13)/t1-,2-,3-,4?,5-,7-/m0/s1. The number of ether oxygens (including phenoxy) is 1. The van der Waals surface area contributed by atoms with Gasteiger partial charge in [0.15, 0.2) is 12.4 Å². The molecule has 1 aliphatic heterocycles. The van der Waals surface area contributed by atoms with Gasteiger partial charge in [0.05, 0.1) is 0 Å². The van der Waals surface area contributed by atoms with Gasteiger partial charge in [-0.3, -0.25) is 0 Å². The number of rotatable bonds is 2. The minimum absolute atomic E-state index is 1.67. The van der Waals surface area contributed by atoms with Gasteiger partial charge >= 0.3 is 5.97 Å². The molecule has 0 aliphatic carbocycles. The van der Waals surface area contributed by atoms with Crippen LogP contribution in [-0.2, 0) is 9.53 Å². The molecule has 15 heavy (non-hydrogen) atoms. The molecule has 0 saturated carbocycles. The molecular formula is C7H12O8. The van der Waals surface area contributed by atoms with Crippen molar-refractivity contribution in [1.29, 1.82) is 0 Å². The zero-order valence-electron chi connectivity index (χ0n) is 7.46. The maximum atomic E-state index is 10.4. The molecule has 1 unspecified atom stereocenters. The first kappa shape index (κ1) is 12.3. The number of aliphatic hydroxyl groups is 5. The summed E-state index contributed by atoms with van der Waals surface area (Å²) in [7, 11) is 0. The Hall–Kier alpha value is -0.770. The lowest BCUT2D eigenvalue weighted by Crippen LogP contribution is -2.61. The molecule has 0 spiro atoms. The van der Waals surface area contributed by atoms with Gasteiger partial charge in [-0.1, -0.05) is 0 Å². The lowest BCUT2D eigenvalue weighted by molar-refractivity contribution is -0.295. The molecule has 0 aromatic heterocycles. The molecular weight excluding hydrogens is 212 g/mol. The Morgan fingerprint density at radius 1 is 1.07 bits per heavy atom. The Bertz CT molecular complexity index is 243. The Labute approximate surface area is 84.0 Å². The summed E-state index contributed by atoms with van der Waals surface area (Å²) in [5.41, 5.74) is 0. The number of aliphatic hydroxyl groups excluding tert-OH is 5. The first-order valence-corrected chi connectivity index (χ1v) is 4.15. The average Bonchev–Trinajstić information content (AvgIpc) is 2.19. The lowest BCUT2D eigenvalue weighted by Gasteiger charge is -2.39. The van der Waals surface area contributed by atoms with E-state index in [-0.39, 0.29) is 0 Å². The number of hydrogen-bond acceptors (Lipinski definition) is 7. The molecule has 8 nitrogen and oxygen atoms in total. The van der Waals surface area contributed by atoms with Crippen molar-refractivity contribution in [3.05, 3.63) is 0 Å². The van der Waals surface area contributed by atoms with Crippen LogP contribution in [0.2, 0.25) is 0 Å². The molecule has 0 aromatic rings. The Balaban J connectivity index is 2.78. The molecule has 1 rings (SSSR count). The summed E-state index contributed by atoms with van der Waals surface area (Å²) in [5, 5.41) is 54.0. The van der Waals surface area contributed by atoms with Crippen LogP contribution in [0.1, 0.15) is 0 Å². The summed E-state index contributed by atoms with van der Waals surface area (Å²) in [6.07, 6.45) is -11.0. The summed E-state index contributed by atoms with van der Waals surface area (Å²) in [4.78, 5) is 10.4. The highest BCUT2D eigenvalue weighted by atomic mass is 16.6. The van der Waals surface area contributed by atoms with Crippen LogP contribution in [0.4, 0.5) is 0 Å². The molecule has 1 fully saturated rings. The quantitative estimate of drug-likeness (QED) is 0.280. The monoisotopic (exact) mass is 224 g/mol. The van der Waals surface area contributed by atoms with E-state index in [9.17, 15) is 15.0 Å². The van der Waals surface area contributed by atoms with Gasteiger partial charge in [-0.25, -0.2) is 4.79 Å². The largest absolute Gasteiger partial charge is 0.479 e. The second-order valence-electron chi connectivity index (χ2n) is 3.25. The lowest BCUT2D eigenvalue weighted by atomic mass is 9.95. The van der Waals surface area contributed by atoms with Gasteiger partial charge in [-0.15, -0.1) is 0 Å². The maximum absolute atomic E-state index is 10.4. The first-order valence-electron chi connectivity index (χ1n) is 4.15. The second kappa shape index (κ2) is 4.39. The summed E-state index contributed by atoms with van der Waals surface area (Å²) < 4.78 is 4.47. The molecule has 0 bridgehead atoms. The van der Waals surface area contributed by atoms with E-state index in [0.29, 0.717) is 0 Å². The van der Waals surface area contributed by atoms with Crippen molar-refractivity contribution in [3.63, 3.8) is 0 Å². The normalized spacial score (nSPS) is 43.7. The van der Waals surface area contributed by atoms with E-state index >= 15 is 0 Å². The van der Waals surface area contributed by atoms with Crippen molar-refractivity contribution >= 4 is 5.97 Å². The van der Waals surface area contributed by atoms with Crippen LogP contribution in [0.5, 0.6) is 0 Å². The zero-order valence-corrected chi connectivity index (χ0v) is 7.46. The Morgan fingerprint density at radius 3 is 2.07 bits per heavy atom. The maximum Gasteiger partial charge on any atom is 0.335 e. The van der Waals surface area contributed by atoms with Gasteiger partial charge in [-0.05, 0) is 0 Å². The fourth-order valence-corrected chi connectivity index (χ4v) is 1.29. The van der Waals surface area contributed by atoms with Crippen LogP contribution in [0, 0.1) is 0 Å². The fraction of sp³-hybridized carbons (Fsp3) is 0.857. The van der Waals surface area contributed by atoms with Crippen molar-refractivity contribution < 1.29 is 40.2 Å². The Morgan fingerprint density at radius 2 is 1.60 bits per heavy atom. The van der Waals surface area contributed by atoms with Crippen LogP contribution in [-0.4, -0.2) is 73.4 Å². The van der Waals surface area contributed by atoms with E-state index in [2.05, 4.69) is 4.74 Å². The minimum Gasteiger partial charge on any atom is -0.479 e. The Kier molecular flexibility index (Phi) is 3.60. The van der Waals surface area contributed by atoms with E-state index < -0.39 is 42.8 Å². The highest BCUT2D eigenvalue weighted by molar-refractivity contribution is 5.72. The molecule has 0 aromatic carbocycles. The third kappa shape index (κ3) is 2.25. The van der Waals surface area contributed by atoms with E-state index in [0.717, 1.165) is 0 Å². The third-order valence-electron chi connectivity index (χ3n) is 2.19. The number of carboxylic acid groups (broad SMARTS) is 1. The van der Waals surface area contributed by atoms with Crippen molar-refractivity contribution in [2.45, 2.75) is 36.8 Å². The second-order valence-corrected chi connectivity index (χ2v) is 3.25. The van der Waals surface area contributed by atoms with Gasteiger partial charge in [-0.2, -0.15) is 0 Å². The third-order valence-corrected chi connectivity index (χ3v) is 2.19. The molecule has 6 atom stereocenters. The molecule has 1 saturated heterocycles. The van der Waals surface area contributed by atoms with Crippen molar-refractivity contribution in [1.82, 2.24) is 0 Å². The number of aliphatic carboxylic acids is 1. The number of hydrogen-bond donors (Lipinski definition) is 6. The van der Waals surface area contributed by atoms with Crippen LogP contribution >= 0.6 is 0 Å². The van der Waals surface area contributed by atoms with E-state index in [1.165, 1.54) is 0 Å². The highest BCUT2D eigenvalue weighted by Gasteiger charge is 2.47. The van der Waals surface area contributed by atoms with E-state index in [1.807, 2.05) is 0 Å². The number of carbonyl (C=O) groups is 1. The molecule has 1 heterocycles. The van der Waals surface area contributed by atoms with Gasteiger partial charge in [0.2, 0.25) is 0 Å². The van der Waals surface area contributed by atoms with Gasteiger partial charge in [0, 0.05) is 0 Å². The SMILES string of the molecule is O=C(O)C(O)[C@H]1O[C@H](O)[C@@H](O)[C@@H](O)[C@@H]1O. The van der Waals surface area contributed by atoms with Crippen LogP contribution in [0.15, 0.2) is 0 Å². The van der Waals surface area contributed by atoms with Crippen molar-refractivity contribution in [2.24, 2.45) is 0 Å². The molecule has 88 valence electrons. The van der Waals surface area contributed by atoms with Crippen molar-refractivity contribution in [3.8, 4) is 0 Å². The van der Waals surface area contributed by atoms with Crippen LogP contribution in [0.3, 0.4) is 0 Å². The highest BCUT2D eigenvalue weighted by Crippen LogP contribution is 2.22. The smallest absolute Gasteiger partial charge is 0.335 e. The summed E-state index contributed by atoms with van der Waals surface area (Å²) in [6, 6.07) is 0. The molecule has 0 radical (unpaired) electrons. The van der Waals surface area contributed by atoms with E-state index in [4.69, 9.17) is 20.4 Å². The first-order chi connectivity index (χ1) is 6.86. The van der Waals surface area contributed by atoms with Gasteiger partial charge in [0.1, 0.15) is 24.4 Å². The van der Waals surface area contributed by atoms with E-state index in [1.54, 1.807) is 0 Å². The summed E-state index contributed by atoms with van der Waals surface area (Å²) >= 11 is 0.